The van der Waals surface area contributed by atoms with Gasteiger partial charge in [0.05, 0.1) is 28.1 Å². The first-order valence-corrected chi connectivity index (χ1v) is 10.4. The molecule has 0 spiro atoms. The van der Waals surface area contributed by atoms with Crippen LogP contribution in [0.3, 0.4) is 0 Å². The molecule has 0 unspecified atom stereocenters. The van der Waals surface area contributed by atoms with E-state index in [0.717, 1.165) is 11.0 Å². The molecular formula is C19H22N4O3S. The van der Waals surface area contributed by atoms with Crippen LogP contribution in [0.5, 0.6) is 0 Å². The molecule has 0 bridgehead atoms. The Morgan fingerprint density at radius 2 is 1.89 bits per heavy atom. The third kappa shape index (κ3) is 3.71. The van der Waals surface area contributed by atoms with Crippen LogP contribution in [0, 0.1) is 6.92 Å². The molecule has 3 rings (SSSR count). The Bertz CT molecular complexity index is 1100. The fraction of sp³-hybridized carbons (Fsp3) is 0.316. The molecule has 142 valence electrons. The summed E-state index contributed by atoms with van der Waals surface area (Å²) in [6.07, 6.45) is 1.70. The Morgan fingerprint density at radius 3 is 2.48 bits per heavy atom. The van der Waals surface area contributed by atoms with Gasteiger partial charge in [0, 0.05) is 17.1 Å². The van der Waals surface area contributed by atoms with Gasteiger partial charge in [-0.15, -0.1) is 0 Å². The molecule has 7 nitrogen and oxygen atoms in total. The van der Waals surface area contributed by atoms with Crippen LogP contribution in [0.4, 0.5) is 5.69 Å². The van der Waals surface area contributed by atoms with E-state index in [-0.39, 0.29) is 22.6 Å². The highest BCUT2D eigenvalue weighted by atomic mass is 32.2. The highest BCUT2D eigenvalue weighted by Gasteiger charge is 2.16. The van der Waals surface area contributed by atoms with E-state index in [9.17, 15) is 13.2 Å². The molecule has 3 aromatic rings. The van der Waals surface area contributed by atoms with E-state index in [1.54, 1.807) is 38.2 Å². The van der Waals surface area contributed by atoms with E-state index < -0.39 is 9.84 Å². The van der Waals surface area contributed by atoms with Crippen molar-refractivity contribution in [3.63, 3.8) is 0 Å². The first-order chi connectivity index (χ1) is 12.7. The Hall–Kier alpha value is -2.74. The fourth-order valence-electron chi connectivity index (χ4n) is 2.78. The molecule has 0 aliphatic rings. The minimum Gasteiger partial charge on any atom is -0.322 e. The molecule has 1 aromatic carbocycles. The van der Waals surface area contributed by atoms with E-state index >= 15 is 0 Å². The van der Waals surface area contributed by atoms with E-state index in [2.05, 4.69) is 15.4 Å². The summed E-state index contributed by atoms with van der Waals surface area (Å²) in [5, 5.41) is 7.91. The zero-order chi connectivity index (χ0) is 19.8. The highest BCUT2D eigenvalue weighted by molar-refractivity contribution is 7.91. The summed E-state index contributed by atoms with van der Waals surface area (Å²) in [7, 11) is -3.26. The topological polar surface area (TPSA) is 94.0 Å². The standard InChI is InChI=1S/C19H22N4O3S/c1-5-27(25,26)16-8-6-15(7-9-16)22-19(24)17-10-14-11-20-23(12(2)3)18(14)21-13(17)4/h6-12H,5H2,1-4H3,(H,22,24). The molecule has 0 aliphatic carbocycles. The summed E-state index contributed by atoms with van der Waals surface area (Å²) in [6.45, 7) is 7.42. The van der Waals surface area contributed by atoms with Gasteiger partial charge in [0.1, 0.15) is 0 Å². The zero-order valence-corrected chi connectivity index (χ0v) is 16.5. The van der Waals surface area contributed by atoms with Gasteiger partial charge in [0.15, 0.2) is 15.5 Å². The van der Waals surface area contributed by atoms with Crippen molar-refractivity contribution in [2.24, 2.45) is 0 Å². The minimum atomic E-state index is -3.26. The number of aromatic nitrogens is 3. The number of anilines is 1. The molecular weight excluding hydrogens is 364 g/mol. The van der Waals surface area contributed by atoms with Gasteiger partial charge >= 0.3 is 0 Å². The Labute approximate surface area is 158 Å². The number of nitrogens with zero attached hydrogens (tertiary/aromatic N) is 3. The summed E-state index contributed by atoms with van der Waals surface area (Å²) in [5.41, 5.74) is 2.32. The van der Waals surface area contributed by atoms with Crippen molar-refractivity contribution in [2.45, 2.75) is 38.6 Å². The van der Waals surface area contributed by atoms with Crippen LogP contribution >= 0.6 is 0 Å². The molecule has 27 heavy (non-hydrogen) atoms. The molecule has 0 saturated carbocycles. The van der Waals surface area contributed by atoms with Crippen LogP contribution in [0.1, 0.15) is 42.9 Å². The minimum absolute atomic E-state index is 0.0354. The monoisotopic (exact) mass is 386 g/mol. The van der Waals surface area contributed by atoms with E-state index in [4.69, 9.17) is 0 Å². The number of aryl methyl sites for hydroxylation is 1. The summed E-state index contributed by atoms with van der Waals surface area (Å²) in [5.74, 6) is -0.265. The predicted molar refractivity (Wildman–Crippen MR) is 105 cm³/mol. The van der Waals surface area contributed by atoms with Gasteiger partial charge in [-0.1, -0.05) is 6.92 Å². The maximum absolute atomic E-state index is 12.7. The second kappa shape index (κ2) is 7.11. The second-order valence-corrected chi connectivity index (χ2v) is 8.88. The lowest BCUT2D eigenvalue weighted by atomic mass is 10.1. The van der Waals surface area contributed by atoms with Crippen molar-refractivity contribution in [1.82, 2.24) is 14.8 Å². The molecule has 1 N–H and O–H groups in total. The van der Waals surface area contributed by atoms with Crippen molar-refractivity contribution in [3.05, 3.63) is 47.8 Å². The summed E-state index contributed by atoms with van der Waals surface area (Å²) in [4.78, 5) is 17.4. The quantitative estimate of drug-likeness (QED) is 0.725. The van der Waals surface area contributed by atoms with Crippen LogP contribution in [0.25, 0.3) is 11.0 Å². The lowest BCUT2D eigenvalue weighted by Gasteiger charge is -2.10. The first kappa shape index (κ1) is 19.0. The summed E-state index contributed by atoms with van der Waals surface area (Å²) >= 11 is 0. The second-order valence-electron chi connectivity index (χ2n) is 6.60. The van der Waals surface area contributed by atoms with Crippen molar-refractivity contribution in [1.29, 1.82) is 0 Å². The van der Waals surface area contributed by atoms with Crippen LogP contribution in [0.2, 0.25) is 0 Å². The lowest BCUT2D eigenvalue weighted by molar-refractivity contribution is 0.102. The van der Waals surface area contributed by atoms with Crippen LogP contribution in [-0.4, -0.2) is 34.8 Å². The summed E-state index contributed by atoms with van der Waals surface area (Å²) < 4.78 is 25.6. The number of nitrogens with one attached hydrogen (secondary N) is 1. The van der Waals surface area contributed by atoms with E-state index in [1.165, 1.54) is 12.1 Å². The van der Waals surface area contributed by atoms with Crippen molar-refractivity contribution in [3.8, 4) is 0 Å². The average Bonchev–Trinajstić information content (AvgIpc) is 3.04. The van der Waals surface area contributed by atoms with Crippen molar-refractivity contribution in [2.75, 3.05) is 11.1 Å². The van der Waals surface area contributed by atoms with Gasteiger partial charge in [-0.25, -0.2) is 18.1 Å². The zero-order valence-electron chi connectivity index (χ0n) is 15.7. The maximum atomic E-state index is 12.7. The van der Waals surface area contributed by atoms with Crippen LogP contribution in [-0.2, 0) is 9.84 Å². The largest absolute Gasteiger partial charge is 0.322 e. The normalized spacial score (nSPS) is 11.9. The fourth-order valence-corrected chi connectivity index (χ4v) is 3.67. The van der Waals surface area contributed by atoms with Gasteiger partial charge in [0.2, 0.25) is 0 Å². The Morgan fingerprint density at radius 1 is 1.22 bits per heavy atom. The van der Waals surface area contributed by atoms with Gasteiger partial charge in [-0.3, -0.25) is 4.79 Å². The predicted octanol–water partition coefficient (Wildman–Crippen LogP) is 3.37. The number of sulfone groups is 1. The summed E-state index contributed by atoms with van der Waals surface area (Å²) in [6, 6.07) is 8.10. The number of pyridine rings is 1. The van der Waals surface area contributed by atoms with Gasteiger partial charge in [-0.05, 0) is 51.1 Å². The number of fused-ring (bicyclic) bond motifs is 1. The van der Waals surface area contributed by atoms with E-state index in [1.807, 2.05) is 18.5 Å². The van der Waals surface area contributed by atoms with Gasteiger partial charge in [-0.2, -0.15) is 5.10 Å². The highest BCUT2D eigenvalue weighted by Crippen LogP contribution is 2.21. The maximum Gasteiger partial charge on any atom is 0.257 e. The number of carbonyl (C=O) groups is 1. The molecule has 0 radical (unpaired) electrons. The molecule has 8 heteroatoms. The van der Waals surface area contributed by atoms with Crippen LogP contribution < -0.4 is 5.32 Å². The smallest absolute Gasteiger partial charge is 0.257 e. The third-order valence-electron chi connectivity index (χ3n) is 4.34. The number of rotatable bonds is 5. The number of benzene rings is 1. The average molecular weight is 386 g/mol. The third-order valence-corrected chi connectivity index (χ3v) is 6.10. The molecule has 2 aromatic heterocycles. The molecule has 0 fully saturated rings. The first-order valence-electron chi connectivity index (χ1n) is 8.72. The van der Waals surface area contributed by atoms with Crippen LogP contribution in [0.15, 0.2) is 41.4 Å². The molecule has 1 amide bonds. The van der Waals surface area contributed by atoms with E-state index in [0.29, 0.717) is 16.9 Å². The molecule has 0 saturated heterocycles. The number of hydrogen-bond donors (Lipinski definition) is 1. The SMILES string of the molecule is CCS(=O)(=O)c1ccc(NC(=O)c2cc3cnn(C(C)C)c3nc2C)cc1. The molecule has 0 aliphatic heterocycles. The lowest BCUT2D eigenvalue weighted by Crippen LogP contribution is -2.15. The van der Waals surface area contributed by atoms with Gasteiger partial charge < -0.3 is 5.32 Å². The Kier molecular flexibility index (Phi) is 5.01. The van der Waals surface area contributed by atoms with Crippen molar-refractivity contribution < 1.29 is 13.2 Å². The molecule has 0 atom stereocenters. The number of carbonyl (C=O) groups excluding carboxylic acids is 1. The molecule has 2 heterocycles. The number of hydrogen-bond acceptors (Lipinski definition) is 5. The van der Waals surface area contributed by atoms with Gasteiger partial charge in [0.25, 0.3) is 5.91 Å². The van der Waals surface area contributed by atoms with Crippen molar-refractivity contribution >= 4 is 32.5 Å². The Balaban J connectivity index is 1.87. The number of amides is 1.